The first-order valence-corrected chi connectivity index (χ1v) is 10.2. The molecule has 2 aromatic rings. The number of ether oxygens (including phenoxy) is 2. The Hall–Kier alpha value is -3.27. The first-order valence-electron chi connectivity index (χ1n) is 10.2. The van der Waals surface area contributed by atoms with E-state index >= 15 is 4.39 Å². The van der Waals surface area contributed by atoms with Crippen LogP contribution in [0.4, 0.5) is 14.9 Å². The van der Waals surface area contributed by atoms with E-state index in [0.717, 1.165) is 12.5 Å². The van der Waals surface area contributed by atoms with Crippen molar-refractivity contribution in [2.24, 2.45) is 23.5 Å². The minimum absolute atomic E-state index is 0.00188. The van der Waals surface area contributed by atoms with Crippen LogP contribution in [-0.4, -0.2) is 48.3 Å². The smallest absolute Gasteiger partial charge is 0.467 e. The summed E-state index contributed by atoms with van der Waals surface area (Å²) in [6, 6.07) is 1.14. The highest BCUT2D eigenvalue weighted by molar-refractivity contribution is 5.93. The number of pyridine rings is 1. The van der Waals surface area contributed by atoms with Gasteiger partial charge in [-0.25, -0.2) is 9.18 Å². The lowest BCUT2D eigenvalue weighted by atomic mass is 9.82. The molecule has 2 fully saturated rings. The van der Waals surface area contributed by atoms with E-state index in [1.165, 1.54) is 6.20 Å². The second kappa shape index (κ2) is 5.91. The molecular weight excluding hydrogens is 407 g/mol. The van der Waals surface area contributed by atoms with E-state index in [2.05, 4.69) is 16.9 Å². The van der Waals surface area contributed by atoms with Gasteiger partial charge in [0, 0.05) is 31.6 Å². The molecule has 1 aromatic carbocycles. The number of anilines is 1. The summed E-state index contributed by atoms with van der Waals surface area (Å²) in [5.74, 6) is 0.297. The van der Waals surface area contributed by atoms with Crippen molar-refractivity contribution in [2.45, 2.75) is 12.0 Å². The minimum Gasteiger partial charge on any atom is -0.467 e. The number of nitrogens with two attached hydrogens (primary N) is 1. The summed E-state index contributed by atoms with van der Waals surface area (Å²) >= 11 is 0. The highest BCUT2D eigenvalue weighted by Crippen LogP contribution is 2.54. The maximum atomic E-state index is 15.4. The van der Waals surface area contributed by atoms with Gasteiger partial charge in [-0.1, -0.05) is 12.2 Å². The average Bonchev–Trinajstić information content (AvgIpc) is 3.38. The van der Waals surface area contributed by atoms with Gasteiger partial charge in [0.05, 0.1) is 11.6 Å². The molecule has 2 aliphatic heterocycles. The van der Waals surface area contributed by atoms with Crippen LogP contribution in [0.5, 0.6) is 11.5 Å². The minimum atomic E-state index is -1.61. The molecule has 4 unspecified atom stereocenters. The fourth-order valence-corrected chi connectivity index (χ4v) is 5.89. The second-order valence-electron chi connectivity index (χ2n) is 8.91. The van der Waals surface area contributed by atoms with Crippen molar-refractivity contribution in [2.75, 3.05) is 36.8 Å². The van der Waals surface area contributed by atoms with Crippen molar-refractivity contribution >= 4 is 22.7 Å². The van der Waals surface area contributed by atoms with Crippen LogP contribution in [0.25, 0.3) is 10.9 Å². The number of halogens is 1. The van der Waals surface area contributed by atoms with Gasteiger partial charge in [-0.05, 0) is 24.3 Å². The highest BCUT2D eigenvalue weighted by Gasteiger charge is 2.56. The second-order valence-corrected chi connectivity index (χ2v) is 8.91. The fourth-order valence-electron chi connectivity index (χ4n) is 5.89. The number of benzene rings is 1. The Labute approximate surface area is 176 Å². The number of allylic oxidation sites excluding steroid dienone is 1. The van der Waals surface area contributed by atoms with E-state index in [1.54, 1.807) is 16.7 Å². The molecule has 1 saturated carbocycles. The van der Waals surface area contributed by atoms with Gasteiger partial charge in [-0.2, -0.15) is 0 Å². The molecule has 3 heterocycles. The topological polar surface area (TPSA) is 110 Å². The van der Waals surface area contributed by atoms with Crippen molar-refractivity contribution in [3.63, 3.8) is 0 Å². The Balaban J connectivity index is 1.51. The van der Waals surface area contributed by atoms with E-state index in [4.69, 9.17) is 15.6 Å². The van der Waals surface area contributed by atoms with Crippen molar-refractivity contribution in [3.05, 3.63) is 40.5 Å². The van der Waals surface area contributed by atoms with Crippen molar-refractivity contribution in [1.82, 2.24) is 4.68 Å². The van der Waals surface area contributed by atoms with Gasteiger partial charge < -0.3 is 25.2 Å². The number of fused-ring (bicyclic) bond motifs is 5. The third kappa shape index (κ3) is 2.39. The molecule has 9 nitrogen and oxygen atoms in total. The number of carboxylic acid groups (broad SMARTS) is 1. The normalized spacial score (nSPS) is 30.1. The number of carbonyl (C=O) groups is 1. The van der Waals surface area contributed by atoms with Crippen molar-refractivity contribution in [1.29, 1.82) is 0 Å². The molecule has 3 N–H and O–H groups in total. The van der Waals surface area contributed by atoms with E-state index in [9.17, 15) is 9.59 Å². The SMILES string of the molecule is CN1COc2c(N3CC4C5C=CC(N)(C5)C4C3)c(F)cc3c(=O)c(OC(=O)O)cn1c23. The predicted octanol–water partition coefficient (Wildman–Crippen LogP) is 1.45. The first-order chi connectivity index (χ1) is 14.8. The molecule has 4 aliphatic rings. The van der Waals surface area contributed by atoms with Gasteiger partial charge in [-0.15, -0.1) is 0 Å². The Morgan fingerprint density at radius 1 is 1.42 bits per heavy atom. The van der Waals surface area contributed by atoms with Crippen LogP contribution in [0.1, 0.15) is 6.42 Å². The quantitative estimate of drug-likeness (QED) is 0.547. The van der Waals surface area contributed by atoms with Crippen LogP contribution in [-0.2, 0) is 0 Å². The van der Waals surface area contributed by atoms with Crippen LogP contribution < -0.4 is 30.5 Å². The molecule has 1 aromatic heterocycles. The zero-order chi connectivity index (χ0) is 21.7. The van der Waals surface area contributed by atoms with Crippen LogP contribution >= 0.6 is 0 Å². The van der Waals surface area contributed by atoms with E-state index in [-0.39, 0.29) is 29.3 Å². The summed E-state index contributed by atoms with van der Waals surface area (Å²) in [7, 11) is 1.71. The molecule has 0 radical (unpaired) electrons. The van der Waals surface area contributed by atoms with Crippen LogP contribution in [0.3, 0.4) is 0 Å². The molecule has 162 valence electrons. The third-order valence-electron chi connectivity index (χ3n) is 7.25. The summed E-state index contributed by atoms with van der Waals surface area (Å²) in [5, 5.41) is 10.6. The van der Waals surface area contributed by atoms with Gasteiger partial charge >= 0.3 is 6.16 Å². The number of nitrogens with zero attached hydrogens (tertiary/aromatic N) is 3. The maximum absolute atomic E-state index is 15.4. The van der Waals surface area contributed by atoms with E-state index in [1.807, 2.05) is 4.90 Å². The lowest BCUT2D eigenvalue weighted by molar-refractivity contribution is 0.143. The van der Waals surface area contributed by atoms with E-state index in [0.29, 0.717) is 36.1 Å². The molecule has 4 atom stereocenters. The fraction of sp³-hybridized carbons (Fsp3) is 0.429. The zero-order valence-electron chi connectivity index (χ0n) is 16.7. The number of hydrogen-bond acceptors (Lipinski definition) is 7. The molecule has 2 bridgehead atoms. The molecule has 1 saturated heterocycles. The summed E-state index contributed by atoms with van der Waals surface area (Å²) in [5.41, 5.74) is 6.25. The predicted molar refractivity (Wildman–Crippen MR) is 110 cm³/mol. The zero-order valence-corrected chi connectivity index (χ0v) is 16.7. The maximum Gasteiger partial charge on any atom is 0.511 e. The number of rotatable bonds is 2. The van der Waals surface area contributed by atoms with Gasteiger partial charge in [-0.3, -0.25) is 14.5 Å². The monoisotopic (exact) mass is 428 g/mol. The average molecular weight is 428 g/mol. The first kappa shape index (κ1) is 18.5. The largest absolute Gasteiger partial charge is 0.511 e. The number of aromatic nitrogens is 1. The van der Waals surface area contributed by atoms with Crippen LogP contribution in [0, 0.1) is 23.6 Å². The third-order valence-corrected chi connectivity index (χ3v) is 7.25. The standard InChI is InChI=1S/C21H21FN4O5/c1-24-9-30-19-16-11(18(27)15(8-26(16)24)31-20(28)29)4-14(22)17(19)25-6-12-10-2-3-21(23,5-10)13(12)7-25/h2-4,8,10,12-13H,5-7,9,23H2,1H3,(H,28,29). The highest BCUT2D eigenvalue weighted by atomic mass is 19.1. The molecule has 0 spiro atoms. The Bertz CT molecular complexity index is 1240. The van der Waals surface area contributed by atoms with Gasteiger partial charge in [0.25, 0.3) is 0 Å². The summed E-state index contributed by atoms with van der Waals surface area (Å²) in [6.07, 6.45) is 4.90. The molecule has 0 amide bonds. The Morgan fingerprint density at radius 3 is 2.97 bits per heavy atom. The summed E-state index contributed by atoms with van der Waals surface area (Å²) < 4.78 is 27.6. The van der Waals surface area contributed by atoms with Crippen LogP contribution in [0.15, 0.2) is 29.2 Å². The Kier molecular flexibility index (Phi) is 3.52. The van der Waals surface area contributed by atoms with Gasteiger partial charge in [0.1, 0.15) is 11.2 Å². The van der Waals surface area contributed by atoms with E-state index < -0.39 is 23.2 Å². The van der Waals surface area contributed by atoms with Crippen molar-refractivity contribution < 1.29 is 23.8 Å². The Morgan fingerprint density at radius 2 is 2.23 bits per heavy atom. The van der Waals surface area contributed by atoms with Gasteiger partial charge in [0.15, 0.2) is 18.3 Å². The molecule has 6 rings (SSSR count). The molecule has 2 aliphatic carbocycles. The molecule has 10 heteroatoms. The van der Waals surface area contributed by atoms with Crippen molar-refractivity contribution in [3.8, 4) is 11.5 Å². The molecule has 31 heavy (non-hydrogen) atoms. The van der Waals surface area contributed by atoms with Crippen LogP contribution in [0.2, 0.25) is 0 Å². The lowest BCUT2D eigenvalue weighted by Crippen LogP contribution is -2.44. The lowest BCUT2D eigenvalue weighted by Gasteiger charge is -2.34. The summed E-state index contributed by atoms with van der Waals surface area (Å²) in [6.45, 7) is 1.37. The summed E-state index contributed by atoms with van der Waals surface area (Å²) in [4.78, 5) is 25.8. The number of hydrogen-bond donors (Lipinski definition) is 2. The van der Waals surface area contributed by atoms with Gasteiger partial charge in [0.2, 0.25) is 11.2 Å². The molecular formula is C21H21FN4O5.